The van der Waals surface area contributed by atoms with E-state index >= 15 is 0 Å². The highest BCUT2D eigenvalue weighted by molar-refractivity contribution is 5.71. The number of carbonyl (C=O) groups is 1. The fourth-order valence-corrected chi connectivity index (χ4v) is 1.24. The molecule has 0 aromatic rings. The van der Waals surface area contributed by atoms with Gasteiger partial charge in [0.05, 0.1) is 33.0 Å². The molecule has 5 heteroatoms. The van der Waals surface area contributed by atoms with Crippen molar-refractivity contribution in [3.05, 3.63) is 0 Å². The molecule has 120 valence electrons. The van der Waals surface area contributed by atoms with Crippen molar-refractivity contribution in [3.8, 4) is 0 Å². The molecular formula is C15H30O5. The maximum Gasteiger partial charge on any atom is 0.332 e. The maximum atomic E-state index is 11.3. The Balaban J connectivity index is 3.31. The lowest BCUT2D eigenvalue weighted by Crippen LogP contribution is -2.27. The van der Waals surface area contributed by atoms with Crippen LogP contribution in [0.5, 0.6) is 0 Å². The topological polar surface area (TPSA) is 54.0 Å². The summed E-state index contributed by atoms with van der Waals surface area (Å²) in [7, 11) is 0. The van der Waals surface area contributed by atoms with E-state index < -0.39 is 5.60 Å². The normalized spacial score (nSPS) is 12.5. The van der Waals surface area contributed by atoms with E-state index in [1.807, 2.05) is 20.8 Å². The van der Waals surface area contributed by atoms with Gasteiger partial charge in [-0.2, -0.15) is 0 Å². The smallest absolute Gasteiger partial charge is 0.332 e. The predicted octanol–water partition coefficient (Wildman–Crippen LogP) is 2.42. The summed E-state index contributed by atoms with van der Waals surface area (Å²) in [4.78, 5) is 11.3. The monoisotopic (exact) mass is 290 g/mol. The zero-order chi connectivity index (χ0) is 15.6. The van der Waals surface area contributed by atoms with E-state index in [4.69, 9.17) is 18.9 Å². The third-order valence-electron chi connectivity index (χ3n) is 1.92. The zero-order valence-electron chi connectivity index (χ0n) is 13.8. The summed E-state index contributed by atoms with van der Waals surface area (Å²) in [6.07, 6.45) is 0. The Morgan fingerprint density at radius 3 is 1.80 bits per heavy atom. The van der Waals surface area contributed by atoms with Crippen molar-refractivity contribution in [2.24, 2.45) is 5.41 Å². The fraction of sp³-hybridized carbons (Fsp3) is 0.933. The van der Waals surface area contributed by atoms with E-state index in [-0.39, 0.29) is 18.0 Å². The van der Waals surface area contributed by atoms with E-state index in [1.165, 1.54) is 0 Å². The minimum absolute atomic E-state index is 0.0405. The molecule has 0 aliphatic carbocycles. The maximum absolute atomic E-state index is 11.3. The molecule has 5 nitrogen and oxygen atoms in total. The second-order valence-corrected chi connectivity index (χ2v) is 6.86. The van der Waals surface area contributed by atoms with Crippen molar-refractivity contribution in [1.29, 1.82) is 0 Å². The van der Waals surface area contributed by atoms with Crippen LogP contribution in [-0.4, -0.2) is 51.2 Å². The van der Waals surface area contributed by atoms with Crippen LogP contribution < -0.4 is 0 Å². The highest BCUT2D eigenvalue weighted by atomic mass is 16.6. The first kappa shape index (κ1) is 19.4. The number of hydrogen-bond acceptors (Lipinski definition) is 5. The van der Waals surface area contributed by atoms with E-state index in [0.717, 1.165) is 0 Å². The fourth-order valence-electron chi connectivity index (χ4n) is 1.24. The van der Waals surface area contributed by atoms with E-state index in [2.05, 4.69) is 20.8 Å². The van der Waals surface area contributed by atoms with Gasteiger partial charge in [0.15, 0.2) is 0 Å². The van der Waals surface area contributed by atoms with Gasteiger partial charge in [-0.3, -0.25) is 0 Å². The Hall–Kier alpha value is -0.650. The van der Waals surface area contributed by atoms with Gasteiger partial charge in [0, 0.05) is 0 Å². The van der Waals surface area contributed by atoms with Crippen molar-refractivity contribution in [2.75, 3.05) is 39.6 Å². The average molecular weight is 290 g/mol. The highest BCUT2D eigenvalue weighted by Crippen LogP contribution is 2.12. The average Bonchev–Trinajstić information content (AvgIpc) is 2.22. The Morgan fingerprint density at radius 1 is 0.800 bits per heavy atom. The molecular weight excluding hydrogens is 260 g/mol. The molecule has 0 rings (SSSR count). The predicted molar refractivity (Wildman–Crippen MR) is 77.8 cm³/mol. The molecule has 0 aromatic carbocycles. The zero-order valence-corrected chi connectivity index (χ0v) is 13.8. The lowest BCUT2D eigenvalue weighted by atomic mass is 9.99. The molecule has 0 atom stereocenters. The van der Waals surface area contributed by atoms with Crippen molar-refractivity contribution in [1.82, 2.24) is 0 Å². The number of rotatable bonds is 9. The molecule has 0 aliphatic heterocycles. The van der Waals surface area contributed by atoms with Crippen LogP contribution >= 0.6 is 0 Å². The third kappa shape index (κ3) is 15.4. The number of hydrogen-bond donors (Lipinski definition) is 0. The molecule has 0 spiro atoms. The Morgan fingerprint density at radius 2 is 1.30 bits per heavy atom. The molecule has 0 saturated carbocycles. The van der Waals surface area contributed by atoms with Gasteiger partial charge >= 0.3 is 5.97 Å². The third-order valence-corrected chi connectivity index (χ3v) is 1.92. The lowest BCUT2D eigenvalue weighted by molar-refractivity contribution is -0.160. The van der Waals surface area contributed by atoms with Gasteiger partial charge in [0.25, 0.3) is 0 Å². The van der Waals surface area contributed by atoms with Gasteiger partial charge in [-0.05, 0) is 26.2 Å². The molecule has 0 bridgehead atoms. The van der Waals surface area contributed by atoms with Crippen LogP contribution in [0.1, 0.15) is 41.5 Å². The van der Waals surface area contributed by atoms with Crippen LogP contribution in [0, 0.1) is 5.41 Å². The van der Waals surface area contributed by atoms with Gasteiger partial charge in [-0.15, -0.1) is 0 Å². The quantitative estimate of drug-likeness (QED) is 0.482. The van der Waals surface area contributed by atoms with Crippen LogP contribution in [0.2, 0.25) is 0 Å². The summed E-state index contributed by atoms with van der Waals surface area (Å²) in [5, 5.41) is 0. The van der Waals surface area contributed by atoms with Gasteiger partial charge in [-0.1, -0.05) is 20.8 Å². The van der Waals surface area contributed by atoms with Crippen LogP contribution in [0.4, 0.5) is 0 Å². The Labute approximate surface area is 122 Å². The van der Waals surface area contributed by atoms with Crippen LogP contribution in [-0.2, 0) is 23.7 Å². The number of ether oxygens (including phenoxy) is 4. The largest absolute Gasteiger partial charge is 0.458 e. The summed E-state index contributed by atoms with van der Waals surface area (Å²) in [5.41, 5.74) is -0.294. The summed E-state index contributed by atoms with van der Waals surface area (Å²) >= 11 is 0. The molecule has 0 heterocycles. The standard InChI is InChI=1S/C15H30O5/c1-14(2,3)12-19-10-8-17-7-9-18-11-13(16)20-15(4,5)6/h7-12H2,1-6H3. The Kier molecular flexibility index (Phi) is 9.01. The second-order valence-electron chi connectivity index (χ2n) is 6.86. The van der Waals surface area contributed by atoms with E-state index in [1.54, 1.807) is 0 Å². The summed E-state index contributed by atoms with van der Waals surface area (Å²) in [6.45, 7) is 14.4. The minimum atomic E-state index is -0.471. The summed E-state index contributed by atoms with van der Waals surface area (Å²) < 4.78 is 21.1. The molecule has 0 amide bonds. The first-order valence-corrected chi connectivity index (χ1v) is 7.05. The molecule has 20 heavy (non-hydrogen) atoms. The van der Waals surface area contributed by atoms with E-state index in [0.29, 0.717) is 33.0 Å². The molecule has 0 aliphatic rings. The molecule has 0 radical (unpaired) electrons. The second kappa shape index (κ2) is 9.32. The van der Waals surface area contributed by atoms with E-state index in [9.17, 15) is 4.79 Å². The van der Waals surface area contributed by atoms with Crippen molar-refractivity contribution in [2.45, 2.75) is 47.1 Å². The first-order valence-electron chi connectivity index (χ1n) is 7.05. The molecule has 0 aromatic heterocycles. The number of carbonyl (C=O) groups excluding carboxylic acids is 1. The summed E-state index contributed by atoms with van der Waals surface area (Å²) in [6, 6.07) is 0. The van der Waals surface area contributed by atoms with Gasteiger partial charge < -0.3 is 18.9 Å². The van der Waals surface area contributed by atoms with Crippen LogP contribution in [0.3, 0.4) is 0 Å². The minimum Gasteiger partial charge on any atom is -0.458 e. The molecule has 0 N–H and O–H groups in total. The summed E-state index contributed by atoms with van der Waals surface area (Å²) in [5.74, 6) is -0.356. The highest BCUT2D eigenvalue weighted by Gasteiger charge is 2.15. The molecule has 0 saturated heterocycles. The van der Waals surface area contributed by atoms with Gasteiger partial charge in [0.1, 0.15) is 12.2 Å². The van der Waals surface area contributed by atoms with Crippen molar-refractivity contribution >= 4 is 5.97 Å². The Bertz CT molecular complexity index is 262. The van der Waals surface area contributed by atoms with Crippen molar-refractivity contribution < 1.29 is 23.7 Å². The van der Waals surface area contributed by atoms with Crippen LogP contribution in [0.15, 0.2) is 0 Å². The van der Waals surface area contributed by atoms with Gasteiger partial charge in [0.2, 0.25) is 0 Å². The lowest BCUT2D eigenvalue weighted by Gasteiger charge is -2.19. The number of esters is 1. The molecule has 0 unspecified atom stereocenters. The van der Waals surface area contributed by atoms with Crippen molar-refractivity contribution in [3.63, 3.8) is 0 Å². The van der Waals surface area contributed by atoms with Crippen LogP contribution in [0.25, 0.3) is 0 Å². The molecule has 0 fully saturated rings. The SMILES string of the molecule is CC(C)(C)COCCOCCOCC(=O)OC(C)(C)C. The first-order chi connectivity index (χ1) is 9.10. The van der Waals surface area contributed by atoms with Gasteiger partial charge in [-0.25, -0.2) is 4.79 Å².